The maximum atomic E-state index is 13.1. The highest BCUT2D eigenvalue weighted by molar-refractivity contribution is 7.12. The topological polar surface area (TPSA) is 64.6 Å². The molecule has 1 heterocycles. The highest BCUT2D eigenvalue weighted by atomic mass is 32.1. The van der Waals surface area contributed by atoms with Gasteiger partial charge in [0.05, 0.1) is 17.9 Å². The quantitative estimate of drug-likeness (QED) is 0.538. The third-order valence-corrected chi connectivity index (χ3v) is 5.24. The van der Waals surface area contributed by atoms with Crippen molar-refractivity contribution in [2.75, 3.05) is 11.9 Å². The van der Waals surface area contributed by atoms with Gasteiger partial charge in [-0.15, -0.1) is 11.3 Å². The molecular weight excluding hydrogens is 386 g/mol. The van der Waals surface area contributed by atoms with E-state index in [4.69, 9.17) is 9.47 Å². The summed E-state index contributed by atoms with van der Waals surface area (Å²) in [4.78, 5) is 27.7. The minimum absolute atomic E-state index is 0.443. The van der Waals surface area contributed by atoms with Crippen LogP contribution in [0, 0.1) is 13.8 Å². The Morgan fingerprint density at radius 1 is 1.03 bits per heavy atom. The first-order valence-corrected chi connectivity index (χ1v) is 10.2. The molecule has 0 saturated heterocycles. The van der Waals surface area contributed by atoms with Crippen LogP contribution >= 0.6 is 11.3 Å². The van der Waals surface area contributed by atoms with Crippen LogP contribution in [0.3, 0.4) is 0 Å². The zero-order valence-corrected chi connectivity index (χ0v) is 17.4. The summed E-state index contributed by atoms with van der Waals surface area (Å²) in [7, 11) is 0. The van der Waals surface area contributed by atoms with Gasteiger partial charge in [-0.25, -0.2) is 4.79 Å². The summed E-state index contributed by atoms with van der Waals surface area (Å²) < 4.78 is 11.2. The molecule has 0 aliphatic heterocycles. The molecular formula is C23H23NO4S. The molecule has 0 radical (unpaired) electrons. The molecule has 0 unspecified atom stereocenters. The predicted octanol–water partition coefficient (Wildman–Crippen LogP) is 5.30. The number of ether oxygens (including phenoxy) is 2. The molecule has 3 rings (SSSR count). The van der Waals surface area contributed by atoms with Crippen LogP contribution in [0.5, 0.6) is 5.75 Å². The second-order valence-corrected chi connectivity index (χ2v) is 7.90. The lowest BCUT2D eigenvalue weighted by atomic mass is 10.1. The van der Waals surface area contributed by atoms with Crippen molar-refractivity contribution < 1.29 is 19.1 Å². The van der Waals surface area contributed by atoms with Crippen molar-refractivity contribution in [3.05, 3.63) is 81.5 Å². The smallest absolute Gasteiger partial charge is 0.340 e. The number of hydrogen-bond donors (Lipinski definition) is 1. The van der Waals surface area contributed by atoms with E-state index in [0.29, 0.717) is 29.2 Å². The number of anilines is 1. The molecule has 1 aromatic heterocycles. The van der Waals surface area contributed by atoms with Crippen LogP contribution < -0.4 is 10.1 Å². The van der Waals surface area contributed by atoms with Crippen LogP contribution in [0.2, 0.25) is 0 Å². The van der Waals surface area contributed by atoms with Gasteiger partial charge < -0.3 is 14.8 Å². The number of hydrogen-bond acceptors (Lipinski definition) is 5. The van der Waals surface area contributed by atoms with Crippen molar-refractivity contribution >= 4 is 28.9 Å². The third kappa shape index (κ3) is 5.03. The Labute approximate surface area is 174 Å². The minimum atomic E-state index is -1.09. The number of carbonyl (C=O) groups is 2. The maximum absolute atomic E-state index is 13.1. The average Bonchev–Trinajstić information content (AvgIpc) is 3.06. The van der Waals surface area contributed by atoms with Crippen LogP contribution in [0.4, 0.5) is 5.69 Å². The molecule has 2 aromatic carbocycles. The summed E-state index contributed by atoms with van der Waals surface area (Å²) in [6.45, 7) is 6.14. The highest BCUT2D eigenvalue weighted by Gasteiger charge is 2.27. The number of benzene rings is 2. The van der Waals surface area contributed by atoms with E-state index in [0.717, 1.165) is 9.75 Å². The molecule has 0 fully saturated rings. The van der Waals surface area contributed by atoms with Gasteiger partial charge in [0.2, 0.25) is 6.10 Å². The van der Waals surface area contributed by atoms with Crippen LogP contribution in [-0.2, 0) is 9.53 Å². The van der Waals surface area contributed by atoms with Gasteiger partial charge in [-0.1, -0.05) is 42.5 Å². The molecule has 29 heavy (non-hydrogen) atoms. The molecule has 1 atom stereocenters. The SMILES string of the molecule is CCOc1ccccc1NC(=O)[C@H](OC(=O)c1cc(C)sc1C)c1ccccc1. The van der Waals surface area contributed by atoms with Crippen molar-refractivity contribution in [1.29, 1.82) is 0 Å². The van der Waals surface area contributed by atoms with E-state index in [2.05, 4.69) is 5.32 Å². The summed E-state index contributed by atoms with van der Waals surface area (Å²) >= 11 is 1.52. The van der Waals surface area contributed by atoms with Gasteiger partial charge in [-0.05, 0) is 39.0 Å². The van der Waals surface area contributed by atoms with E-state index in [-0.39, 0.29) is 0 Å². The molecule has 6 heteroatoms. The first kappa shape index (κ1) is 20.6. The molecule has 0 saturated carbocycles. The number of para-hydroxylation sites is 2. The van der Waals surface area contributed by atoms with E-state index in [1.54, 1.807) is 48.5 Å². The summed E-state index contributed by atoms with van der Waals surface area (Å²) in [6, 6.07) is 17.9. The molecule has 0 spiro atoms. The Balaban J connectivity index is 1.87. The van der Waals surface area contributed by atoms with Crippen LogP contribution in [0.15, 0.2) is 60.7 Å². The molecule has 0 bridgehead atoms. The normalized spacial score (nSPS) is 11.6. The van der Waals surface area contributed by atoms with E-state index in [9.17, 15) is 9.59 Å². The summed E-state index contributed by atoms with van der Waals surface area (Å²) in [5, 5.41) is 2.83. The van der Waals surface area contributed by atoms with Crippen molar-refractivity contribution in [3.8, 4) is 5.75 Å². The summed E-state index contributed by atoms with van der Waals surface area (Å²) in [5.74, 6) is -0.402. The minimum Gasteiger partial charge on any atom is -0.492 e. The molecule has 5 nitrogen and oxygen atoms in total. The maximum Gasteiger partial charge on any atom is 0.340 e. The van der Waals surface area contributed by atoms with Crippen molar-refractivity contribution in [2.45, 2.75) is 26.9 Å². The Bertz CT molecular complexity index is 997. The summed E-state index contributed by atoms with van der Waals surface area (Å²) in [5.41, 5.74) is 1.60. The third-order valence-electron chi connectivity index (χ3n) is 4.27. The Hall–Kier alpha value is -3.12. The van der Waals surface area contributed by atoms with Gasteiger partial charge in [-0.2, -0.15) is 0 Å². The van der Waals surface area contributed by atoms with Gasteiger partial charge in [0.1, 0.15) is 5.75 Å². The number of nitrogens with one attached hydrogen (secondary N) is 1. The number of esters is 1. The Morgan fingerprint density at radius 3 is 2.38 bits per heavy atom. The van der Waals surface area contributed by atoms with E-state index < -0.39 is 18.0 Å². The van der Waals surface area contributed by atoms with Crippen LogP contribution in [0.1, 0.15) is 38.7 Å². The summed E-state index contributed by atoms with van der Waals surface area (Å²) in [6.07, 6.45) is -1.09. The van der Waals surface area contributed by atoms with E-state index >= 15 is 0 Å². The molecule has 150 valence electrons. The molecule has 1 N–H and O–H groups in total. The molecule has 3 aromatic rings. The zero-order chi connectivity index (χ0) is 20.8. The van der Waals surface area contributed by atoms with Crippen molar-refractivity contribution in [1.82, 2.24) is 0 Å². The fourth-order valence-corrected chi connectivity index (χ4v) is 3.87. The van der Waals surface area contributed by atoms with Crippen molar-refractivity contribution in [2.24, 2.45) is 0 Å². The largest absolute Gasteiger partial charge is 0.492 e. The van der Waals surface area contributed by atoms with Gasteiger partial charge in [-0.3, -0.25) is 4.79 Å². The Kier molecular flexibility index (Phi) is 6.67. The second kappa shape index (κ2) is 9.39. The van der Waals surface area contributed by atoms with E-state index in [1.165, 1.54) is 11.3 Å². The first-order valence-electron chi connectivity index (χ1n) is 9.35. The van der Waals surface area contributed by atoms with Crippen LogP contribution in [-0.4, -0.2) is 18.5 Å². The lowest BCUT2D eigenvalue weighted by molar-refractivity contribution is -0.125. The predicted molar refractivity (Wildman–Crippen MR) is 115 cm³/mol. The zero-order valence-electron chi connectivity index (χ0n) is 16.6. The lowest BCUT2D eigenvalue weighted by Crippen LogP contribution is -2.26. The average molecular weight is 410 g/mol. The monoisotopic (exact) mass is 409 g/mol. The van der Waals surface area contributed by atoms with Gasteiger partial charge in [0.15, 0.2) is 0 Å². The van der Waals surface area contributed by atoms with Gasteiger partial charge in [0, 0.05) is 15.3 Å². The number of thiophene rings is 1. The highest BCUT2D eigenvalue weighted by Crippen LogP contribution is 2.28. The first-order chi connectivity index (χ1) is 14.0. The van der Waals surface area contributed by atoms with Crippen LogP contribution in [0.25, 0.3) is 0 Å². The van der Waals surface area contributed by atoms with Crippen molar-refractivity contribution in [3.63, 3.8) is 0 Å². The standard InChI is InChI=1S/C23H23NO4S/c1-4-27-20-13-9-8-12-19(20)24-22(25)21(17-10-6-5-7-11-17)28-23(26)18-14-15(2)29-16(18)3/h5-14,21H,4H2,1-3H3,(H,24,25)/t21-/m1/s1. The van der Waals surface area contributed by atoms with Gasteiger partial charge in [0.25, 0.3) is 5.91 Å². The molecule has 0 aliphatic carbocycles. The number of rotatable bonds is 7. The second-order valence-electron chi connectivity index (χ2n) is 6.44. The van der Waals surface area contributed by atoms with Gasteiger partial charge >= 0.3 is 5.97 Å². The number of carbonyl (C=O) groups excluding carboxylic acids is 2. The molecule has 1 amide bonds. The molecule has 0 aliphatic rings. The Morgan fingerprint density at radius 2 is 1.72 bits per heavy atom. The fourth-order valence-electron chi connectivity index (χ4n) is 2.95. The lowest BCUT2D eigenvalue weighted by Gasteiger charge is -2.19. The number of aryl methyl sites for hydroxylation is 2. The number of amides is 1. The fraction of sp³-hybridized carbons (Fsp3) is 0.217. The van der Waals surface area contributed by atoms with E-state index in [1.807, 2.05) is 32.9 Å².